The molecule has 1 aromatic rings. The second-order valence-electron chi connectivity index (χ2n) is 8.48. The number of carbonyl (C=O) groups excluding carboxylic acids is 3. The predicted octanol–water partition coefficient (Wildman–Crippen LogP) is -0.823. The highest BCUT2D eigenvalue weighted by atomic mass is 32.2. The standard InChI is InChI=1S/C19H27N5O5S/c1-22-10-14(9-20-22)18(26)21-15-2-5-23(6-3-15)19(27)13-8-17(25)24(11-13)16-4-7-30(28,29)12-16/h9-10,13,15-16H,2-8,11-12H2,1H3,(H,21,26). The van der Waals surface area contributed by atoms with Crippen LogP contribution in [0, 0.1) is 5.92 Å². The number of rotatable bonds is 4. The number of amides is 3. The van der Waals surface area contributed by atoms with Gasteiger partial charge >= 0.3 is 0 Å². The van der Waals surface area contributed by atoms with E-state index in [-0.39, 0.29) is 47.7 Å². The summed E-state index contributed by atoms with van der Waals surface area (Å²) in [4.78, 5) is 40.9. The van der Waals surface area contributed by atoms with Crippen LogP contribution in [0.2, 0.25) is 0 Å². The lowest BCUT2D eigenvalue weighted by Crippen LogP contribution is -2.48. The average molecular weight is 438 g/mol. The molecule has 10 nitrogen and oxygen atoms in total. The fourth-order valence-corrected chi connectivity index (χ4v) is 6.31. The number of piperidine rings is 1. The summed E-state index contributed by atoms with van der Waals surface area (Å²) >= 11 is 0. The Bertz CT molecular complexity index is 950. The van der Waals surface area contributed by atoms with Crippen LogP contribution in [-0.4, -0.2) is 88.9 Å². The zero-order chi connectivity index (χ0) is 21.5. The Morgan fingerprint density at radius 2 is 1.93 bits per heavy atom. The fourth-order valence-electron chi connectivity index (χ4n) is 4.58. The molecule has 3 fully saturated rings. The van der Waals surface area contributed by atoms with Crippen molar-refractivity contribution in [1.29, 1.82) is 0 Å². The molecule has 3 aliphatic rings. The van der Waals surface area contributed by atoms with Crippen molar-refractivity contribution in [2.75, 3.05) is 31.1 Å². The van der Waals surface area contributed by atoms with Gasteiger partial charge in [-0.05, 0) is 19.3 Å². The number of hydrogen-bond acceptors (Lipinski definition) is 6. The van der Waals surface area contributed by atoms with E-state index >= 15 is 0 Å². The van der Waals surface area contributed by atoms with Crippen molar-refractivity contribution in [2.24, 2.45) is 13.0 Å². The number of nitrogens with zero attached hydrogens (tertiary/aromatic N) is 4. The van der Waals surface area contributed by atoms with Crippen molar-refractivity contribution in [3.8, 4) is 0 Å². The van der Waals surface area contributed by atoms with Crippen LogP contribution in [0.25, 0.3) is 0 Å². The lowest BCUT2D eigenvalue weighted by molar-refractivity contribution is -0.136. The second-order valence-corrected chi connectivity index (χ2v) is 10.7. The van der Waals surface area contributed by atoms with E-state index in [4.69, 9.17) is 0 Å². The van der Waals surface area contributed by atoms with Gasteiger partial charge in [-0.1, -0.05) is 0 Å². The molecule has 0 spiro atoms. The summed E-state index contributed by atoms with van der Waals surface area (Å²) in [5, 5.41) is 6.98. The summed E-state index contributed by atoms with van der Waals surface area (Å²) in [7, 11) is -1.33. The zero-order valence-corrected chi connectivity index (χ0v) is 17.8. The Morgan fingerprint density at radius 1 is 1.20 bits per heavy atom. The van der Waals surface area contributed by atoms with Gasteiger partial charge in [-0.15, -0.1) is 0 Å². The topological polar surface area (TPSA) is 122 Å². The number of aromatic nitrogens is 2. The molecule has 164 valence electrons. The van der Waals surface area contributed by atoms with E-state index in [0.717, 1.165) is 0 Å². The number of sulfone groups is 1. The van der Waals surface area contributed by atoms with Gasteiger partial charge in [0.2, 0.25) is 11.8 Å². The Labute approximate surface area is 175 Å². The fraction of sp³-hybridized carbons (Fsp3) is 0.684. The third kappa shape index (κ3) is 4.35. The Hall–Kier alpha value is -2.43. The van der Waals surface area contributed by atoms with Gasteiger partial charge in [0, 0.05) is 51.4 Å². The van der Waals surface area contributed by atoms with Crippen molar-refractivity contribution in [3.63, 3.8) is 0 Å². The summed E-state index contributed by atoms with van der Waals surface area (Å²) < 4.78 is 25.0. The van der Waals surface area contributed by atoms with Crippen LogP contribution in [0.1, 0.15) is 36.0 Å². The molecular weight excluding hydrogens is 410 g/mol. The first-order valence-electron chi connectivity index (χ1n) is 10.3. The van der Waals surface area contributed by atoms with Gasteiger partial charge in [0.25, 0.3) is 5.91 Å². The third-order valence-corrected chi connectivity index (χ3v) is 8.02. The minimum Gasteiger partial charge on any atom is -0.349 e. The molecule has 3 amide bonds. The molecule has 3 aliphatic heterocycles. The highest BCUT2D eigenvalue weighted by Crippen LogP contribution is 2.28. The Morgan fingerprint density at radius 3 is 2.53 bits per heavy atom. The summed E-state index contributed by atoms with van der Waals surface area (Å²) in [6, 6.07) is -0.305. The van der Waals surface area contributed by atoms with Crippen LogP contribution >= 0.6 is 0 Å². The van der Waals surface area contributed by atoms with E-state index in [1.165, 1.54) is 6.20 Å². The van der Waals surface area contributed by atoms with Crippen LogP contribution in [0.4, 0.5) is 0 Å². The maximum Gasteiger partial charge on any atom is 0.254 e. The quantitative estimate of drug-likeness (QED) is 0.657. The Kier molecular flexibility index (Phi) is 5.56. The molecule has 30 heavy (non-hydrogen) atoms. The number of hydrogen-bond donors (Lipinski definition) is 1. The monoisotopic (exact) mass is 437 g/mol. The zero-order valence-electron chi connectivity index (χ0n) is 17.0. The largest absolute Gasteiger partial charge is 0.349 e. The number of carbonyl (C=O) groups is 3. The van der Waals surface area contributed by atoms with Gasteiger partial charge in [0.05, 0.1) is 29.2 Å². The molecule has 2 atom stereocenters. The van der Waals surface area contributed by atoms with Crippen molar-refractivity contribution in [2.45, 2.75) is 37.8 Å². The van der Waals surface area contributed by atoms with Gasteiger partial charge in [-0.25, -0.2) is 8.42 Å². The summed E-state index contributed by atoms with van der Waals surface area (Å²) in [6.07, 6.45) is 5.09. The van der Waals surface area contributed by atoms with Gasteiger partial charge in [0.1, 0.15) is 0 Å². The molecule has 0 aromatic carbocycles. The van der Waals surface area contributed by atoms with E-state index in [9.17, 15) is 22.8 Å². The molecule has 4 rings (SSSR count). The minimum absolute atomic E-state index is 0.00166. The molecule has 0 saturated carbocycles. The van der Waals surface area contributed by atoms with Gasteiger partial charge in [0.15, 0.2) is 9.84 Å². The number of nitrogens with one attached hydrogen (secondary N) is 1. The molecule has 2 unspecified atom stereocenters. The molecule has 4 heterocycles. The van der Waals surface area contributed by atoms with Crippen LogP contribution in [0.3, 0.4) is 0 Å². The first-order chi connectivity index (χ1) is 14.2. The molecular formula is C19H27N5O5S. The second kappa shape index (κ2) is 8.01. The average Bonchev–Trinajstić information content (AvgIpc) is 3.40. The minimum atomic E-state index is -3.08. The predicted molar refractivity (Wildman–Crippen MR) is 107 cm³/mol. The molecule has 1 aromatic heterocycles. The lowest BCUT2D eigenvalue weighted by Gasteiger charge is -2.34. The van der Waals surface area contributed by atoms with E-state index < -0.39 is 15.8 Å². The first kappa shape index (κ1) is 20.8. The van der Waals surface area contributed by atoms with E-state index in [0.29, 0.717) is 44.5 Å². The van der Waals surface area contributed by atoms with Crippen molar-refractivity contribution in [3.05, 3.63) is 18.0 Å². The van der Waals surface area contributed by atoms with Crippen molar-refractivity contribution < 1.29 is 22.8 Å². The summed E-state index contributed by atoms with van der Waals surface area (Å²) in [6.45, 7) is 1.36. The lowest BCUT2D eigenvalue weighted by atomic mass is 10.0. The maximum absolute atomic E-state index is 12.9. The first-order valence-corrected chi connectivity index (χ1v) is 12.1. The number of aryl methyl sites for hydroxylation is 1. The van der Waals surface area contributed by atoms with E-state index in [2.05, 4.69) is 10.4 Å². The van der Waals surface area contributed by atoms with Crippen molar-refractivity contribution >= 4 is 27.6 Å². The van der Waals surface area contributed by atoms with E-state index in [1.54, 1.807) is 27.7 Å². The molecule has 11 heteroatoms. The maximum atomic E-state index is 12.9. The highest BCUT2D eigenvalue weighted by Gasteiger charge is 2.43. The smallest absolute Gasteiger partial charge is 0.254 e. The molecule has 0 bridgehead atoms. The van der Waals surface area contributed by atoms with Gasteiger partial charge in [-0.3, -0.25) is 19.1 Å². The third-order valence-electron chi connectivity index (χ3n) is 6.27. The number of likely N-dealkylation sites (tertiary alicyclic amines) is 2. The van der Waals surface area contributed by atoms with E-state index in [1.807, 2.05) is 0 Å². The van der Waals surface area contributed by atoms with Crippen LogP contribution in [0.15, 0.2) is 12.4 Å². The van der Waals surface area contributed by atoms with Gasteiger partial charge in [-0.2, -0.15) is 5.10 Å². The van der Waals surface area contributed by atoms with Gasteiger partial charge < -0.3 is 15.1 Å². The normalized spacial score (nSPS) is 26.9. The van der Waals surface area contributed by atoms with Crippen LogP contribution in [-0.2, 0) is 26.5 Å². The van der Waals surface area contributed by atoms with Crippen molar-refractivity contribution in [1.82, 2.24) is 24.9 Å². The van der Waals surface area contributed by atoms with Crippen LogP contribution in [0.5, 0.6) is 0 Å². The van der Waals surface area contributed by atoms with Crippen LogP contribution < -0.4 is 5.32 Å². The SMILES string of the molecule is Cn1cc(C(=O)NC2CCN(C(=O)C3CC(=O)N(C4CCS(=O)(=O)C4)C3)CC2)cn1. The Balaban J connectivity index is 1.27. The molecule has 1 N–H and O–H groups in total. The highest BCUT2D eigenvalue weighted by molar-refractivity contribution is 7.91. The summed E-state index contributed by atoms with van der Waals surface area (Å²) in [5.41, 5.74) is 0.509. The molecule has 0 aliphatic carbocycles. The molecule has 3 saturated heterocycles. The summed E-state index contributed by atoms with van der Waals surface area (Å²) in [5.74, 6) is -0.656. The molecule has 0 radical (unpaired) electrons.